The highest BCUT2D eigenvalue weighted by molar-refractivity contribution is 5.64. The Labute approximate surface area is 117 Å². The third-order valence-electron chi connectivity index (χ3n) is 3.16. The van der Waals surface area contributed by atoms with E-state index >= 15 is 0 Å². The van der Waals surface area contributed by atoms with Crippen LogP contribution in [0.2, 0.25) is 0 Å². The molecule has 0 aliphatic heterocycles. The van der Waals surface area contributed by atoms with E-state index in [1.54, 1.807) is 23.1 Å². The Morgan fingerprint density at radius 3 is 2.40 bits per heavy atom. The summed E-state index contributed by atoms with van der Waals surface area (Å²) in [5.41, 5.74) is 8.88. The van der Waals surface area contributed by atoms with Gasteiger partial charge in [0.2, 0.25) is 0 Å². The summed E-state index contributed by atoms with van der Waals surface area (Å²) >= 11 is 0. The fourth-order valence-electron chi connectivity index (χ4n) is 2.18. The number of anilines is 1. The van der Waals surface area contributed by atoms with Gasteiger partial charge in [-0.2, -0.15) is 5.10 Å². The lowest BCUT2D eigenvalue weighted by Crippen LogP contribution is -2.02. The lowest BCUT2D eigenvalue weighted by Gasteiger charge is -2.03. The second kappa shape index (κ2) is 5.13. The van der Waals surface area contributed by atoms with Gasteiger partial charge in [-0.15, -0.1) is 0 Å². The molecule has 0 saturated heterocycles. The first kappa shape index (κ1) is 12.3. The fraction of sp³-hybridized carbons (Fsp3) is 0.133. The van der Waals surface area contributed by atoms with Crippen LogP contribution in [0.25, 0.3) is 17.2 Å². The first-order valence-corrected chi connectivity index (χ1v) is 6.51. The predicted molar refractivity (Wildman–Crippen MR) is 78.4 cm³/mol. The number of para-hydroxylation sites is 1. The van der Waals surface area contributed by atoms with Gasteiger partial charge in [0.1, 0.15) is 11.5 Å². The lowest BCUT2D eigenvalue weighted by atomic mass is 10.1. The summed E-state index contributed by atoms with van der Waals surface area (Å²) in [5.74, 6) is 1.24. The van der Waals surface area contributed by atoms with Crippen LogP contribution >= 0.6 is 0 Å². The van der Waals surface area contributed by atoms with Crippen LogP contribution < -0.4 is 5.73 Å². The second-order valence-corrected chi connectivity index (χ2v) is 4.39. The average molecular weight is 265 g/mol. The molecule has 0 aliphatic carbocycles. The van der Waals surface area contributed by atoms with Gasteiger partial charge in [-0.1, -0.05) is 25.1 Å². The van der Waals surface area contributed by atoms with Gasteiger partial charge in [-0.3, -0.25) is 0 Å². The monoisotopic (exact) mass is 265 g/mol. The number of benzene rings is 1. The Balaban J connectivity index is 2.18. The van der Waals surface area contributed by atoms with Crippen molar-refractivity contribution in [1.29, 1.82) is 0 Å². The summed E-state index contributed by atoms with van der Waals surface area (Å²) in [4.78, 5) is 8.53. The molecule has 3 aromatic rings. The Hall–Kier alpha value is -2.69. The molecule has 0 saturated carbocycles. The third kappa shape index (κ3) is 2.03. The van der Waals surface area contributed by atoms with Gasteiger partial charge >= 0.3 is 0 Å². The molecular formula is C15H15N5. The van der Waals surface area contributed by atoms with Crippen molar-refractivity contribution in [2.75, 3.05) is 5.73 Å². The molecule has 0 fully saturated rings. The smallest absolute Gasteiger partial charge is 0.180 e. The van der Waals surface area contributed by atoms with Crippen LogP contribution in [0.15, 0.2) is 48.8 Å². The summed E-state index contributed by atoms with van der Waals surface area (Å²) in [5, 5.41) is 4.59. The van der Waals surface area contributed by atoms with Crippen molar-refractivity contribution in [3.8, 4) is 17.2 Å². The molecule has 0 unspecified atom stereocenters. The highest BCUT2D eigenvalue weighted by Gasteiger charge is 2.18. The van der Waals surface area contributed by atoms with Gasteiger partial charge in [0.05, 0.1) is 5.69 Å². The number of aromatic nitrogens is 4. The third-order valence-corrected chi connectivity index (χ3v) is 3.16. The molecule has 5 nitrogen and oxygen atoms in total. The van der Waals surface area contributed by atoms with E-state index in [1.807, 2.05) is 30.3 Å². The number of nitrogens with zero attached hydrogens (tertiary/aromatic N) is 4. The van der Waals surface area contributed by atoms with E-state index in [2.05, 4.69) is 22.0 Å². The highest BCUT2D eigenvalue weighted by Crippen LogP contribution is 2.27. The van der Waals surface area contributed by atoms with Crippen LogP contribution in [0, 0.1) is 0 Å². The van der Waals surface area contributed by atoms with Crippen LogP contribution in [0.5, 0.6) is 0 Å². The van der Waals surface area contributed by atoms with Gasteiger partial charge in [0.15, 0.2) is 5.82 Å². The number of rotatable bonds is 3. The molecule has 0 bridgehead atoms. The Bertz CT molecular complexity index is 704. The molecule has 0 spiro atoms. The van der Waals surface area contributed by atoms with E-state index in [4.69, 9.17) is 5.73 Å². The van der Waals surface area contributed by atoms with Gasteiger partial charge in [-0.05, 0) is 24.6 Å². The second-order valence-electron chi connectivity index (χ2n) is 4.39. The molecule has 3 rings (SSSR count). The molecule has 2 aromatic heterocycles. The van der Waals surface area contributed by atoms with Gasteiger partial charge in [-0.25, -0.2) is 14.6 Å². The maximum Gasteiger partial charge on any atom is 0.180 e. The fourth-order valence-corrected chi connectivity index (χ4v) is 2.18. The minimum absolute atomic E-state index is 0.603. The molecule has 5 heteroatoms. The average Bonchev–Trinajstić information content (AvgIpc) is 2.86. The normalized spacial score (nSPS) is 10.7. The Morgan fingerprint density at radius 1 is 1.05 bits per heavy atom. The number of nitrogen functional groups attached to an aromatic ring is 1. The molecule has 20 heavy (non-hydrogen) atoms. The summed E-state index contributed by atoms with van der Waals surface area (Å²) < 4.78 is 1.74. The minimum Gasteiger partial charge on any atom is -0.383 e. The van der Waals surface area contributed by atoms with Gasteiger partial charge in [0, 0.05) is 18.0 Å². The quantitative estimate of drug-likeness (QED) is 0.789. The molecule has 0 atom stereocenters. The van der Waals surface area contributed by atoms with Crippen molar-refractivity contribution < 1.29 is 0 Å². The summed E-state index contributed by atoms with van der Waals surface area (Å²) in [6.07, 6.45) is 4.20. The van der Waals surface area contributed by atoms with Crippen molar-refractivity contribution >= 4 is 5.82 Å². The van der Waals surface area contributed by atoms with Gasteiger partial charge in [0.25, 0.3) is 0 Å². The van der Waals surface area contributed by atoms with E-state index in [0.717, 1.165) is 23.4 Å². The molecule has 0 amide bonds. The maximum absolute atomic E-state index is 6.23. The Morgan fingerprint density at radius 2 is 1.75 bits per heavy atom. The van der Waals surface area contributed by atoms with Crippen LogP contribution in [0.3, 0.4) is 0 Å². The minimum atomic E-state index is 0.603. The first-order valence-electron chi connectivity index (χ1n) is 6.51. The first-order chi connectivity index (χ1) is 9.81. The SMILES string of the molecule is CCc1c(-c2ncccn2)nn(-c2ccccc2)c1N. The summed E-state index contributed by atoms with van der Waals surface area (Å²) in [6, 6.07) is 11.6. The molecule has 0 aliphatic rings. The largest absolute Gasteiger partial charge is 0.383 e. The zero-order chi connectivity index (χ0) is 13.9. The van der Waals surface area contributed by atoms with Crippen molar-refractivity contribution in [2.24, 2.45) is 0 Å². The van der Waals surface area contributed by atoms with E-state index in [1.165, 1.54) is 0 Å². The van der Waals surface area contributed by atoms with Crippen molar-refractivity contribution in [3.63, 3.8) is 0 Å². The molecule has 2 N–H and O–H groups in total. The number of hydrogen-bond donors (Lipinski definition) is 1. The van der Waals surface area contributed by atoms with E-state index in [0.29, 0.717) is 11.6 Å². The standard InChI is InChI=1S/C15H15N5/c1-2-12-13(15-17-9-6-10-18-15)19-20(14(12)16)11-7-4-3-5-8-11/h3-10H,2,16H2,1H3. The van der Waals surface area contributed by atoms with Gasteiger partial charge < -0.3 is 5.73 Å². The van der Waals surface area contributed by atoms with Crippen LogP contribution in [0.1, 0.15) is 12.5 Å². The van der Waals surface area contributed by atoms with E-state index in [9.17, 15) is 0 Å². The number of nitrogens with two attached hydrogens (primary N) is 1. The van der Waals surface area contributed by atoms with Crippen LogP contribution in [-0.2, 0) is 6.42 Å². The topological polar surface area (TPSA) is 69.6 Å². The summed E-state index contributed by atoms with van der Waals surface area (Å²) in [6.45, 7) is 2.05. The zero-order valence-electron chi connectivity index (χ0n) is 11.2. The lowest BCUT2D eigenvalue weighted by molar-refractivity contribution is 0.889. The summed E-state index contributed by atoms with van der Waals surface area (Å²) in [7, 11) is 0. The van der Waals surface area contributed by atoms with Crippen molar-refractivity contribution in [2.45, 2.75) is 13.3 Å². The van der Waals surface area contributed by atoms with E-state index < -0.39 is 0 Å². The molecule has 100 valence electrons. The maximum atomic E-state index is 6.23. The van der Waals surface area contributed by atoms with E-state index in [-0.39, 0.29) is 0 Å². The van der Waals surface area contributed by atoms with Crippen molar-refractivity contribution in [3.05, 3.63) is 54.4 Å². The molecule has 0 radical (unpaired) electrons. The highest BCUT2D eigenvalue weighted by atomic mass is 15.3. The molecular weight excluding hydrogens is 250 g/mol. The van der Waals surface area contributed by atoms with Crippen LogP contribution in [-0.4, -0.2) is 19.7 Å². The molecule has 1 aromatic carbocycles. The van der Waals surface area contributed by atoms with Crippen molar-refractivity contribution in [1.82, 2.24) is 19.7 Å². The predicted octanol–water partition coefficient (Wildman–Crippen LogP) is 2.47. The molecule has 2 heterocycles. The zero-order valence-corrected chi connectivity index (χ0v) is 11.2. The number of hydrogen-bond acceptors (Lipinski definition) is 4. The van der Waals surface area contributed by atoms with Crippen LogP contribution in [0.4, 0.5) is 5.82 Å². The Kier molecular flexibility index (Phi) is 3.16.